The summed E-state index contributed by atoms with van der Waals surface area (Å²) in [7, 11) is 3.40. The Morgan fingerprint density at radius 1 is 1.34 bits per heavy atom. The van der Waals surface area contributed by atoms with Crippen LogP contribution in [0.15, 0.2) is 35.4 Å². The van der Waals surface area contributed by atoms with Crippen molar-refractivity contribution < 1.29 is 17.9 Å². The highest BCUT2D eigenvalue weighted by Crippen LogP contribution is 2.58. The van der Waals surface area contributed by atoms with Crippen LogP contribution in [0.25, 0.3) is 11.0 Å². The molecule has 2 aliphatic rings. The number of benzene rings is 1. The fraction of sp³-hybridized carbons (Fsp3) is 0.435. The Labute approximate surface area is 182 Å². The number of ether oxygens (including phenoxy) is 1. The summed E-state index contributed by atoms with van der Waals surface area (Å²) in [6.45, 7) is 1.31. The van der Waals surface area contributed by atoms with Crippen molar-refractivity contribution in [2.24, 2.45) is 13.0 Å². The first kappa shape index (κ1) is 20.9. The molecule has 1 aromatic carbocycles. The molecule has 1 saturated carbocycles. The second kappa shape index (κ2) is 7.58. The Morgan fingerprint density at radius 2 is 2.16 bits per heavy atom. The molecule has 32 heavy (non-hydrogen) atoms. The minimum absolute atomic E-state index is 0.0400. The first-order chi connectivity index (χ1) is 15.3. The van der Waals surface area contributed by atoms with Gasteiger partial charge in [0.2, 0.25) is 0 Å². The first-order valence-electron chi connectivity index (χ1n) is 10.5. The van der Waals surface area contributed by atoms with Crippen molar-refractivity contribution in [3.8, 4) is 0 Å². The lowest BCUT2D eigenvalue weighted by Crippen LogP contribution is -2.32. The molecule has 1 aliphatic heterocycles. The minimum Gasteiger partial charge on any atom is -0.381 e. The topological polar surface area (TPSA) is 60.2 Å². The van der Waals surface area contributed by atoms with E-state index >= 15 is 0 Å². The molecule has 0 bridgehead atoms. The summed E-state index contributed by atoms with van der Waals surface area (Å²) in [5.41, 5.74) is 0.475. The van der Waals surface area contributed by atoms with E-state index in [1.165, 1.54) is 23.0 Å². The molecule has 2 fully saturated rings. The number of anilines is 1. The highest BCUT2D eigenvalue weighted by molar-refractivity contribution is 5.87. The summed E-state index contributed by atoms with van der Waals surface area (Å²) in [4.78, 5) is 23.5. The summed E-state index contributed by atoms with van der Waals surface area (Å²) in [6, 6.07) is 5.86. The molecule has 5 rings (SSSR count). The van der Waals surface area contributed by atoms with Gasteiger partial charge in [-0.1, -0.05) is 18.2 Å². The number of hydrogen-bond acceptors (Lipinski definition) is 5. The molecule has 0 spiro atoms. The van der Waals surface area contributed by atoms with Gasteiger partial charge < -0.3 is 9.64 Å². The van der Waals surface area contributed by atoms with Gasteiger partial charge in [0.05, 0.1) is 17.6 Å². The molecule has 0 N–H and O–H groups in total. The van der Waals surface area contributed by atoms with Crippen LogP contribution in [0.4, 0.5) is 19.0 Å². The number of nitrogens with zero attached hydrogens (tertiary/aromatic N) is 4. The first-order valence-corrected chi connectivity index (χ1v) is 10.5. The molecule has 0 amide bonds. The third-order valence-electron chi connectivity index (χ3n) is 6.88. The second-order valence-electron chi connectivity index (χ2n) is 8.72. The van der Waals surface area contributed by atoms with E-state index < -0.39 is 17.8 Å². The zero-order valence-electron chi connectivity index (χ0n) is 17.8. The van der Waals surface area contributed by atoms with Crippen LogP contribution in [-0.2, 0) is 23.7 Å². The van der Waals surface area contributed by atoms with Gasteiger partial charge in [-0.15, -0.1) is 0 Å². The van der Waals surface area contributed by atoms with E-state index in [4.69, 9.17) is 4.74 Å². The number of hydrogen-bond donors (Lipinski definition) is 0. The van der Waals surface area contributed by atoms with E-state index in [-0.39, 0.29) is 23.1 Å². The molecule has 1 aliphatic carbocycles. The third kappa shape index (κ3) is 3.18. The third-order valence-corrected chi connectivity index (χ3v) is 6.88. The van der Waals surface area contributed by atoms with Crippen LogP contribution in [0.3, 0.4) is 0 Å². The van der Waals surface area contributed by atoms with Crippen molar-refractivity contribution in [2.45, 2.75) is 31.2 Å². The van der Waals surface area contributed by atoms with E-state index in [0.29, 0.717) is 36.0 Å². The number of fused-ring (bicyclic) bond motifs is 2. The van der Waals surface area contributed by atoms with Crippen LogP contribution in [0.1, 0.15) is 36.0 Å². The Morgan fingerprint density at radius 3 is 2.91 bits per heavy atom. The predicted octanol–water partition coefficient (Wildman–Crippen LogP) is 3.72. The quantitative estimate of drug-likeness (QED) is 0.600. The van der Waals surface area contributed by atoms with Crippen LogP contribution in [0, 0.1) is 11.7 Å². The van der Waals surface area contributed by atoms with Crippen LogP contribution in [-0.4, -0.2) is 34.8 Å². The minimum atomic E-state index is -2.89. The predicted molar refractivity (Wildman–Crippen MR) is 113 cm³/mol. The van der Waals surface area contributed by atoms with E-state index in [2.05, 4.69) is 9.97 Å². The van der Waals surface area contributed by atoms with E-state index in [1.807, 2.05) is 6.07 Å². The molecule has 9 heteroatoms. The molecule has 3 heterocycles. The average Bonchev–Trinajstić information content (AvgIpc) is 3.52. The van der Waals surface area contributed by atoms with E-state index in [0.717, 1.165) is 24.5 Å². The monoisotopic (exact) mass is 444 g/mol. The lowest BCUT2D eigenvalue weighted by molar-refractivity contribution is 0.0799. The highest BCUT2D eigenvalue weighted by atomic mass is 19.3. The summed E-state index contributed by atoms with van der Waals surface area (Å²) in [5.74, 6) is -0.0736. The summed E-state index contributed by atoms with van der Waals surface area (Å²) < 4.78 is 47.9. The number of aromatic nitrogens is 3. The normalized spacial score (nSPS) is 22.2. The zero-order chi connectivity index (χ0) is 22.6. The number of pyridine rings is 1. The molecule has 1 saturated heterocycles. The Hall–Kier alpha value is -2.94. The Balaban J connectivity index is 1.58. The molecule has 168 valence electrons. The average molecular weight is 444 g/mol. The van der Waals surface area contributed by atoms with Crippen molar-refractivity contribution in [2.75, 3.05) is 25.2 Å². The fourth-order valence-corrected chi connectivity index (χ4v) is 4.99. The molecule has 2 aromatic heterocycles. The van der Waals surface area contributed by atoms with Gasteiger partial charge in [-0.05, 0) is 24.8 Å². The molecule has 0 radical (unpaired) electrons. The fourth-order valence-electron chi connectivity index (χ4n) is 4.99. The van der Waals surface area contributed by atoms with E-state index in [1.54, 1.807) is 19.0 Å². The maximum atomic E-state index is 14.6. The number of halogens is 3. The summed E-state index contributed by atoms with van der Waals surface area (Å²) in [6.07, 6.45) is 0.176. The Bertz CT molecular complexity index is 1260. The van der Waals surface area contributed by atoms with E-state index in [9.17, 15) is 18.0 Å². The molecule has 2 unspecified atom stereocenters. The van der Waals surface area contributed by atoms with Crippen LogP contribution < -0.4 is 10.5 Å². The van der Waals surface area contributed by atoms with Gasteiger partial charge in [0.1, 0.15) is 23.6 Å². The van der Waals surface area contributed by atoms with Gasteiger partial charge in [0.25, 0.3) is 12.0 Å². The highest BCUT2D eigenvalue weighted by Gasteiger charge is 2.58. The molecular weight excluding hydrogens is 421 g/mol. The van der Waals surface area contributed by atoms with Gasteiger partial charge in [-0.2, -0.15) is 0 Å². The smallest absolute Gasteiger partial charge is 0.266 e. The largest absolute Gasteiger partial charge is 0.381 e. The van der Waals surface area contributed by atoms with Gasteiger partial charge in [-0.25, -0.2) is 23.1 Å². The van der Waals surface area contributed by atoms with Crippen LogP contribution in [0.5, 0.6) is 0 Å². The van der Waals surface area contributed by atoms with Crippen LogP contribution >= 0.6 is 0 Å². The van der Waals surface area contributed by atoms with Crippen LogP contribution in [0.2, 0.25) is 0 Å². The van der Waals surface area contributed by atoms with Crippen molar-refractivity contribution >= 4 is 16.9 Å². The Kier molecular flexibility index (Phi) is 4.96. The zero-order valence-corrected chi connectivity index (χ0v) is 17.8. The lowest BCUT2D eigenvalue weighted by atomic mass is 9.89. The summed E-state index contributed by atoms with van der Waals surface area (Å²) >= 11 is 0. The molecule has 2 atom stereocenters. The van der Waals surface area contributed by atoms with Gasteiger partial charge >= 0.3 is 0 Å². The van der Waals surface area contributed by atoms with Gasteiger partial charge in [-0.3, -0.25) is 9.36 Å². The second-order valence-corrected chi connectivity index (χ2v) is 8.72. The number of aryl methyl sites for hydroxylation is 1. The lowest BCUT2D eigenvalue weighted by Gasteiger charge is -2.25. The van der Waals surface area contributed by atoms with Gasteiger partial charge in [0, 0.05) is 43.8 Å². The number of rotatable bonds is 5. The standard InChI is InChI=1S/C23H23F3N4O2/c1-29(10-13-4-3-5-15(18(13)24)19(25)26)20-16-8-17(23-6-7-32-11-14(23)9-23)22(31)30(2)21(16)28-12-27-20/h3-5,8,12,14,19H,6-7,9-11H2,1-2H3. The van der Waals surface area contributed by atoms with Crippen molar-refractivity contribution in [3.05, 3.63) is 63.5 Å². The summed E-state index contributed by atoms with van der Waals surface area (Å²) in [5, 5.41) is 0.670. The van der Waals surface area contributed by atoms with Crippen molar-refractivity contribution in [3.63, 3.8) is 0 Å². The SMILES string of the molecule is CN(Cc1cccc(C(F)F)c1F)c1ncnc2c1cc(C13CCOCC1C3)c(=O)n2C. The van der Waals surface area contributed by atoms with Crippen molar-refractivity contribution in [1.29, 1.82) is 0 Å². The maximum absolute atomic E-state index is 14.6. The number of alkyl halides is 2. The molecule has 6 nitrogen and oxygen atoms in total. The molecular formula is C23H23F3N4O2. The van der Waals surface area contributed by atoms with Crippen molar-refractivity contribution in [1.82, 2.24) is 14.5 Å². The molecule has 3 aromatic rings. The van der Waals surface area contributed by atoms with Gasteiger partial charge in [0.15, 0.2) is 0 Å². The maximum Gasteiger partial charge on any atom is 0.266 e.